The first-order valence-corrected chi connectivity index (χ1v) is 11.9. The molecule has 1 saturated heterocycles. The largest absolute Gasteiger partial charge is 0.463 e. The van der Waals surface area contributed by atoms with Crippen LogP contribution in [-0.4, -0.2) is 57.9 Å². The van der Waals surface area contributed by atoms with E-state index in [9.17, 15) is 14.0 Å². The number of halogens is 1. The molecule has 9 nitrogen and oxygen atoms in total. The number of thioether (sulfide) groups is 1. The first-order chi connectivity index (χ1) is 16.0. The van der Waals surface area contributed by atoms with Crippen molar-refractivity contribution in [2.45, 2.75) is 50.5 Å². The molecule has 3 heterocycles. The molecular formula is C22H26FN5O4S. The quantitative estimate of drug-likeness (QED) is 0.447. The second-order valence-corrected chi connectivity index (χ2v) is 8.72. The molecule has 0 spiro atoms. The fourth-order valence-corrected chi connectivity index (χ4v) is 4.81. The Labute approximate surface area is 195 Å². The number of carbonyl (C=O) groups is 2. The number of aromatic nitrogens is 3. The number of urea groups is 1. The van der Waals surface area contributed by atoms with E-state index < -0.39 is 12.0 Å². The molecule has 11 heteroatoms. The van der Waals surface area contributed by atoms with E-state index in [0.717, 1.165) is 18.4 Å². The van der Waals surface area contributed by atoms with Crippen LogP contribution in [0.15, 0.2) is 40.7 Å². The van der Waals surface area contributed by atoms with E-state index in [4.69, 9.17) is 9.47 Å². The zero-order valence-corrected chi connectivity index (χ0v) is 19.3. The summed E-state index contributed by atoms with van der Waals surface area (Å²) in [5, 5.41) is 14.7. The van der Waals surface area contributed by atoms with E-state index in [2.05, 4.69) is 20.8 Å². The lowest BCUT2D eigenvalue weighted by molar-refractivity contribution is -0.138. The summed E-state index contributed by atoms with van der Waals surface area (Å²) in [4.78, 5) is 24.5. The lowest BCUT2D eigenvalue weighted by atomic mass is 10.1. The van der Waals surface area contributed by atoms with Gasteiger partial charge in [0.15, 0.2) is 11.0 Å². The number of esters is 1. The Morgan fingerprint density at radius 1 is 1.33 bits per heavy atom. The van der Waals surface area contributed by atoms with Gasteiger partial charge in [0.1, 0.15) is 5.82 Å². The molecule has 2 N–H and O–H groups in total. The van der Waals surface area contributed by atoms with Crippen molar-refractivity contribution >= 4 is 23.8 Å². The van der Waals surface area contributed by atoms with Crippen LogP contribution >= 0.6 is 11.8 Å². The molecule has 2 amide bonds. The third-order valence-electron chi connectivity index (χ3n) is 5.44. The van der Waals surface area contributed by atoms with Gasteiger partial charge in [0.25, 0.3) is 0 Å². The minimum Gasteiger partial charge on any atom is -0.463 e. The van der Waals surface area contributed by atoms with Crippen LogP contribution in [0, 0.1) is 5.82 Å². The number of amides is 2. The number of carbonyl (C=O) groups excluding carboxylic acids is 2. The number of hydrogen-bond donors (Lipinski definition) is 2. The van der Waals surface area contributed by atoms with Crippen LogP contribution < -0.4 is 10.6 Å². The Balaban J connectivity index is 1.62. The van der Waals surface area contributed by atoms with Gasteiger partial charge in [-0.15, -0.1) is 10.2 Å². The average molecular weight is 476 g/mol. The Bertz CT molecular complexity index is 1050. The molecule has 0 saturated carbocycles. The highest BCUT2D eigenvalue weighted by atomic mass is 32.2. The van der Waals surface area contributed by atoms with Gasteiger partial charge in [-0.05, 0) is 51.0 Å². The summed E-state index contributed by atoms with van der Waals surface area (Å²) in [6.07, 6.45) is 1.96. The van der Waals surface area contributed by atoms with E-state index in [0.29, 0.717) is 41.2 Å². The smallest absolute Gasteiger partial charge is 0.337 e. The lowest BCUT2D eigenvalue weighted by Crippen LogP contribution is -2.49. The number of nitrogens with one attached hydrogen (secondary N) is 2. The Morgan fingerprint density at radius 2 is 2.12 bits per heavy atom. The SMILES string of the molecule is CCOC(=O)C1=C(CSc2nnc(-c3ccc(F)cc3)n2C[C@@H]2CCCO2)NC(=O)N[C@H]1C. The zero-order chi connectivity index (χ0) is 23.4. The predicted octanol–water partition coefficient (Wildman–Crippen LogP) is 2.87. The molecule has 2 atom stereocenters. The Kier molecular flexibility index (Phi) is 7.29. The number of nitrogens with zero attached hydrogens (tertiary/aromatic N) is 3. The van der Waals surface area contributed by atoms with Crippen LogP contribution in [0.3, 0.4) is 0 Å². The van der Waals surface area contributed by atoms with Gasteiger partial charge >= 0.3 is 12.0 Å². The molecule has 0 bridgehead atoms. The van der Waals surface area contributed by atoms with Crippen LogP contribution in [0.1, 0.15) is 26.7 Å². The summed E-state index contributed by atoms with van der Waals surface area (Å²) < 4.78 is 26.4. The van der Waals surface area contributed by atoms with Gasteiger partial charge in [-0.3, -0.25) is 4.57 Å². The van der Waals surface area contributed by atoms with Crippen molar-refractivity contribution in [2.75, 3.05) is 19.0 Å². The highest BCUT2D eigenvalue weighted by molar-refractivity contribution is 7.99. The third-order valence-corrected chi connectivity index (χ3v) is 6.43. The van der Waals surface area contributed by atoms with Crippen LogP contribution in [-0.2, 0) is 20.8 Å². The molecule has 2 aliphatic heterocycles. The molecule has 0 aliphatic carbocycles. The topological polar surface area (TPSA) is 107 Å². The van der Waals surface area contributed by atoms with Gasteiger partial charge in [-0.25, -0.2) is 14.0 Å². The standard InChI is InChI=1S/C22H26FN5O4S/c1-3-31-20(29)18-13(2)24-21(30)25-17(18)12-33-22-27-26-19(14-6-8-15(23)9-7-14)28(22)11-16-5-4-10-32-16/h6-9,13,16H,3-5,10-12H2,1-2H3,(H2,24,25,30)/t13-,16-/m0/s1. The minimum absolute atomic E-state index is 0.0347. The van der Waals surface area contributed by atoms with Crippen molar-refractivity contribution in [1.82, 2.24) is 25.4 Å². The molecule has 0 radical (unpaired) electrons. The zero-order valence-electron chi connectivity index (χ0n) is 18.5. The highest BCUT2D eigenvalue weighted by Gasteiger charge is 2.30. The summed E-state index contributed by atoms with van der Waals surface area (Å²) in [6.45, 7) is 4.98. The van der Waals surface area contributed by atoms with Gasteiger partial charge in [0, 0.05) is 23.6 Å². The summed E-state index contributed by atoms with van der Waals surface area (Å²) >= 11 is 1.35. The van der Waals surface area contributed by atoms with Crippen molar-refractivity contribution in [2.24, 2.45) is 0 Å². The van der Waals surface area contributed by atoms with E-state index in [-0.39, 0.29) is 24.6 Å². The molecule has 33 heavy (non-hydrogen) atoms. The van der Waals surface area contributed by atoms with Gasteiger partial charge < -0.3 is 20.1 Å². The molecule has 1 fully saturated rings. The summed E-state index contributed by atoms with van der Waals surface area (Å²) in [6, 6.07) is 5.24. The fourth-order valence-electron chi connectivity index (χ4n) is 3.89. The monoisotopic (exact) mass is 475 g/mol. The molecular weight excluding hydrogens is 449 g/mol. The molecule has 1 aromatic carbocycles. The van der Waals surface area contributed by atoms with Gasteiger partial charge in [-0.2, -0.15) is 0 Å². The van der Waals surface area contributed by atoms with Crippen LogP contribution in [0.5, 0.6) is 0 Å². The van der Waals surface area contributed by atoms with Crippen molar-refractivity contribution in [3.8, 4) is 11.4 Å². The minimum atomic E-state index is -0.479. The average Bonchev–Trinajstić information content (AvgIpc) is 3.43. The second kappa shape index (κ2) is 10.3. The van der Waals surface area contributed by atoms with Crippen LogP contribution in [0.25, 0.3) is 11.4 Å². The second-order valence-electron chi connectivity index (χ2n) is 7.78. The summed E-state index contributed by atoms with van der Waals surface area (Å²) in [5.74, 6) is 0.0999. The maximum Gasteiger partial charge on any atom is 0.337 e. The molecule has 2 aromatic rings. The first-order valence-electron chi connectivity index (χ1n) is 10.9. The predicted molar refractivity (Wildman–Crippen MR) is 120 cm³/mol. The Morgan fingerprint density at radius 3 is 2.82 bits per heavy atom. The van der Waals surface area contributed by atoms with Gasteiger partial charge in [-0.1, -0.05) is 11.8 Å². The van der Waals surface area contributed by atoms with E-state index in [1.165, 1.54) is 23.9 Å². The number of ether oxygens (including phenoxy) is 2. The molecule has 0 unspecified atom stereocenters. The van der Waals surface area contributed by atoms with Crippen molar-refractivity contribution in [1.29, 1.82) is 0 Å². The molecule has 1 aromatic heterocycles. The number of benzene rings is 1. The van der Waals surface area contributed by atoms with Crippen molar-refractivity contribution in [3.05, 3.63) is 41.4 Å². The van der Waals surface area contributed by atoms with Crippen molar-refractivity contribution < 1.29 is 23.5 Å². The molecule has 4 rings (SSSR count). The first kappa shape index (κ1) is 23.2. The molecule has 176 valence electrons. The van der Waals surface area contributed by atoms with Crippen molar-refractivity contribution in [3.63, 3.8) is 0 Å². The summed E-state index contributed by atoms with van der Waals surface area (Å²) in [7, 11) is 0. The van der Waals surface area contributed by atoms with E-state index in [1.54, 1.807) is 26.0 Å². The number of hydrogen-bond acceptors (Lipinski definition) is 7. The number of rotatable bonds is 8. The van der Waals surface area contributed by atoms with Gasteiger partial charge in [0.2, 0.25) is 0 Å². The van der Waals surface area contributed by atoms with E-state index >= 15 is 0 Å². The summed E-state index contributed by atoms with van der Waals surface area (Å²) in [5.41, 5.74) is 1.60. The highest BCUT2D eigenvalue weighted by Crippen LogP contribution is 2.29. The van der Waals surface area contributed by atoms with E-state index in [1.807, 2.05) is 4.57 Å². The van der Waals surface area contributed by atoms with Crippen LogP contribution in [0.2, 0.25) is 0 Å². The van der Waals surface area contributed by atoms with Crippen LogP contribution in [0.4, 0.5) is 9.18 Å². The maximum atomic E-state index is 13.4. The fraction of sp³-hybridized carbons (Fsp3) is 0.455. The Hall–Kier alpha value is -2.92. The van der Waals surface area contributed by atoms with Gasteiger partial charge in [0.05, 0.1) is 30.9 Å². The maximum absolute atomic E-state index is 13.4. The lowest BCUT2D eigenvalue weighted by Gasteiger charge is -2.26. The third kappa shape index (κ3) is 5.36. The normalized spacial score (nSPS) is 20.5. The molecule has 2 aliphatic rings.